The third kappa shape index (κ3) is 2.03. The number of allylic oxidation sites excluding steroid dienone is 2. The number of fused-ring (bicyclic) bond motifs is 5. The minimum absolute atomic E-state index is 0.0407. The highest BCUT2D eigenvalue weighted by molar-refractivity contribution is 6.07. The molecule has 0 radical (unpaired) electrons. The number of hydrogen-bond acceptors (Lipinski definition) is 3. The lowest BCUT2D eigenvalue weighted by atomic mass is 9.45. The topological polar surface area (TPSA) is 54.4 Å². The summed E-state index contributed by atoms with van der Waals surface area (Å²) in [5, 5.41) is 10.5. The van der Waals surface area contributed by atoms with Gasteiger partial charge in [0.2, 0.25) is 0 Å². The summed E-state index contributed by atoms with van der Waals surface area (Å²) >= 11 is 0. The Balaban J connectivity index is 1.85. The molecule has 1 N–H and O–H groups in total. The minimum Gasteiger partial charge on any atom is -0.504 e. The van der Waals surface area contributed by atoms with E-state index in [4.69, 9.17) is 0 Å². The van der Waals surface area contributed by atoms with E-state index >= 15 is 0 Å². The zero-order chi connectivity index (χ0) is 18.3. The van der Waals surface area contributed by atoms with Gasteiger partial charge in [-0.2, -0.15) is 0 Å². The Bertz CT molecular complexity index is 723. The van der Waals surface area contributed by atoms with Crippen molar-refractivity contribution < 1.29 is 19.1 Å². The van der Waals surface area contributed by atoms with Crippen molar-refractivity contribution >= 4 is 11.6 Å². The van der Waals surface area contributed by atoms with Crippen molar-refractivity contribution in [2.75, 3.05) is 0 Å². The third-order valence-electron chi connectivity index (χ3n) is 7.93. The summed E-state index contributed by atoms with van der Waals surface area (Å²) in [6, 6.07) is 0. The molecule has 0 saturated heterocycles. The zero-order valence-corrected chi connectivity index (χ0v) is 15.3. The quantitative estimate of drug-likeness (QED) is 0.664. The number of carbonyl (C=O) groups excluding carboxylic acids is 2. The van der Waals surface area contributed by atoms with Gasteiger partial charge in [-0.05, 0) is 49.4 Å². The van der Waals surface area contributed by atoms with E-state index < -0.39 is 11.6 Å². The van der Waals surface area contributed by atoms with E-state index in [1.165, 1.54) is 0 Å². The van der Waals surface area contributed by atoms with Crippen LogP contribution in [-0.4, -0.2) is 22.8 Å². The van der Waals surface area contributed by atoms with Crippen LogP contribution in [0.2, 0.25) is 0 Å². The summed E-state index contributed by atoms with van der Waals surface area (Å²) < 4.78 is 14.2. The van der Waals surface area contributed by atoms with Gasteiger partial charge in [-0.1, -0.05) is 27.4 Å². The number of halogens is 1. The van der Waals surface area contributed by atoms with Crippen LogP contribution in [0.5, 0.6) is 0 Å². The van der Waals surface area contributed by atoms with E-state index in [2.05, 4.69) is 20.4 Å². The maximum Gasteiger partial charge on any atom is 0.200 e. The van der Waals surface area contributed by atoms with Crippen molar-refractivity contribution in [1.82, 2.24) is 0 Å². The van der Waals surface area contributed by atoms with Gasteiger partial charge in [0, 0.05) is 28.4 Å². The molecule has 7 atom stereocenters. The SMILES string of the molecule is C=C1C(=O)[C@H]2[C@@H]3C[C@@H](F)C[C@@]3(C)CC[C@@H]2[C@@]2(C)CC(C)C(=O)C(O)=C12. The summed E-state index contributed by atoms with van der Waals surface area (Å²) in [4.78, 5) is 25.5. The molecule has 0 aliphatic heterocycles. The average molecular weight is 346 g/mol. The standard InChI is InChI=1S/C21H27FO3/c1-10-8-21(4)13-5-6-20(3)9-12(22)7-14(20)15(13)18(24)11(2)16(21)19(25)17(10)23/h10,12-15,25H,2,5-9H2,1,3-4H3/t10?,12-,13+,14+,15-,20-,21-/m1/s1. The molecule has 4 rings (SSSR count). The molecule has 1 unspecified atom stereocenters. The number of alkyl halides is 1. The lowest BCUT2D eigenvalue weighted by Gasteiger charge is -2.57. The van der Waals surface area contributed by atoms with Gasteiger partial charge in [-0.3, -0.25) is 9.59 Å². The van der Waals surface area contributed by atoms with Crippen LogP contribution in [0.1, 0.15) is 52.9 Å². The molecule has 0 aromatic carbocycles. The van der Waals surface area contributed by atoms with Crippen LogP contribution in [0, 0.1) is 34.5 Å². The Morgan fingerprint density at radius 2 is 1.84 bits per heavy atom. The van der Waals surface area contributed by atoms with Gasteiger partial charge >= 0.3 is 0 Å². The Morgan fingerprint density at radius 1 is 1.16 bits per heavy atom. The summed E-state index contributed by atoms with van der Waals surface area (Å²) in [6.07, 6.45) is 2.54. The van der Waals surface area contributed by atoms with Gasteiger partial charge in [-0.15, -0.1) is 0 Å². The van der Waals surface area contributed by atoms with E-state index in [-0.39, 0.29) is 52.0 Å². The van der Waals surface area contributed by atoms with Crippen LogP contribution in [0.3, 0.4) is 0 Å². The van der Waals surface area contributed by atoms with E-state index in [1.807, 2.05) is 6.92 Å². The first-order valence-electron chi connectivity index (χ1n) is 9.45. The van der Waals surface area contributed by atoms with Crippen molar-refractivity contribution in [2.24, 2.45) is 34.5 Å². The van der Waals surface area contributed by atoms with Crippen molar-refractivity contribution in [1.29, 1.82) is 0 Å². The normalized spacial score (nSPS) is 49.8. The first-order valence-corrected chi connectivity index (χ1v) is 9.45. The molecule has 3 fully saturated rings. The van der Waals surface area contributed by atoms with Crippen LogP contribution >= 0.6 is 0 Å². The monoisotopic (exact) mass is 346 g/mol. The molecule has 0 bridgehead atoms. The van der Waals surface area contributed by atoms with Crippen LogP contribution < -0.4 is 0 Å². The minimum atomic E-state index is -0.833. The first kappa shape index (κ1) is 17.0. The Kier molecular flexibility index (Phi) is 3.43. The van der Waals surface area contributed by atoms with Crippen LogP contribution in [-0.2, 0) is 9.59 Å². The summed E-state index contributed by atoms with van der Waals surface area (Å²) in [7, 11) is 0. The first-order chi connectivity index (χ1) is 11.6. The lowest BCUT2D eigenvalue weighted by molar-refractivity contribution is -0.136. The molecular weight excluding hydrogens is 319 g/mol. The molecule has 3 saturated carbocycles. The molecule has 0 spiro atoms. The van der Waals surface area contributed by atoms with Gasteiger partial charge < -0.3 is 5.11 Å². The highest BCUT2D eigenvalue weighted by Gasteiger charge is 2.63. The maximum atomic E-state index is 14.2. The molecule has 0 amide bonds. The number of ketones is 2. The van der Waals surface area contributed by atoms with Crippen LogP contribution in [0.4, 0.5) is 4.39 Å². The summed E-state index contributed by atoms with van der Waals surface area (Å²) in [5.41, 5.74) is 0.211. The molecule has 0 heterocycles. The average Bonchev–Trinajstić information content (AvgIpc) is 2.83. The fourth-order valence-corrected chi connectivity index (χ4v) is 6.80. The van der Waals surface area contributed by atoms with Crippen LogP contribution in [0.25, 0.3) is 0 Å². The predicted octanol–water partition coefficient (Wildman–Crippen LogP) is 4.33. The Labute approximate surface area is 148 Å². The largest absolute Gasteiger partial charge is 0.504 e. The highest BCUT2D eigenvalue weighted by atomic mass is 19.1. The molecule has 4 aliphatic carbocycles. The van der Waals surface area contributed by atoms with E-state index in [0.717, 1.165) is 12.8 Å². The maximum absolute atomic E-state index is 14.2. The molecule has 25 heavy (non-hydrogen) atoms. The fourth-order valence-electron chi connectivity index (χ4n) is 6.80. The second kappa shape index (κ2) is 5.05. The number of rotatable bonds is 0. The molecule has 4 heteroatoms. The smallest absolute Gasteiger partial charge is 0.200 e. The number of hydrogen-bond donors (Lipinski definition) is 1. The zero-order valence-electron chi connectivity index (χ0n) is 15.3. The van der Waals surface area contributed by atoms with Gasteiger partial charge in [0.1, 0.15) is 6.17 Å². The molecule has 4 aliphatic rings. The van der Waals surface area contributed by atoms with E-state index in [0.29, 0.717) is 24.8 Å². The molecule has 136 valence electrons. The number of aliphatic hydroxyl groups excluding tert-OH is 1. The number of Topliss-reactive ketones (excluding diaryl/α,β-unsaturated/α-hetero) is 2. The van der Waals surface area contributed by atoms with Crippen molar-refractivity contribution in [3.63, 3.8) is 0 Å². The number of carbonyl (C=O) groups is 2. The van der Waals surface area contributed by atoms with Crippen molar-refractivity contribution in [3.8, 4) is 0 Å². The lowest BCUT2D eigenvalue weighted by Crippen LogP contribution is -2.55. The van der Waals surface area contributed by atoms with Crippen LogP contribution in [0.15, 0.2) is 23.5 Å². The molecule has 0 aromatic rings. The van der Waals surface area contributed by atoms with E-state index in [1.54, 1.807) is 0 Å². The molecule has 0 aromatic heterocycles. The second-order valence-electron chi connectivity index (χ2n) is 9.42. The fraction of sp³-hybridized carbons (Fsp3) is 0.714. The number of aliphatic hydroxyl groups is 1. The van der Waals surface area contributed by atoms with E-state index in [9.17, 15) is 19.1 Å². The Morgan fingerprint density at radius 3 is 2.52 bits per heavy atom. The molecule has 3 nitrogen and oxygen atoms in total. The second-order valence-corrected chi connectivity index (χ2v) is 9.42. The van der Waals surface area contributed by atoms with Gasteiger partial charge in [0.05, 0.1) is 0 Å². The summed E-state index contributed by atoms with van der Waals surface area (Å²) in [5.74, 6) is -1.02. The highest BCUT2D eigenvalue weighted by Crippen LogP contribution is 2.66. The third-order valence-corrected chi connectivity index (χ3v) is 7.93. The Hall–Kier alpha value is -1.45. The summed E-state index contributed by atoms with van der Waals surface area (Å²) in [6.45, 7) is 10.0. The van der Waals surface area contributed by atoms with Gasteiger partial charge in [-0.25, -0.2) is 4.39 Å². The van der Waals surface area contributed by atoms with Gasteiger partial charge in [0.25, 0.3) is 0 Å². The molecular formula is C21H27FO3. The van der Waals surface area contributed by atoms with Crippen molar-refractivity contribution in [3.05, 3.63) is 23.5 Å². The van der Waals surface area contributed by atoms with Crippen molar-refractivity contribution in [2.45, 2.75) is 59.0 Å². The predicted molar refractivity (Wildman–Crippen MR) is 92.6 cm³/mol. The van der Waals surface area contributed by atoms with Gasteiger partial charge in [0.15, 0.2) is 17.3 Å².